The molecule has 1 atom stereocenters. The maximum Gasteiger partial charge on any atom is 0.305 e. The number of ether oxygens (including phenoxy) is 2. The van der Waals surface area contributed by atoms with Gasteiger partial charge in [0.1, 0.15) is 0 Å². The number of rotatable bonds is 6. The van der Waals surface area contributed by atoms with Crippen LogP contribution in [0.4, 0.5) is 0 Å². The molecular formula is C14H21NO4. The lowest BCUT2D eigenvalue weighted by atomic mass is 9.78. The average Bonchev–Trinajstić information content (AvgIpc) is 2.36. The summed E-state index contributed by atoms with van der Waals surface area (Å²) in [6.45, 7) is 3.80. The highest BCUT2D eigenvalue weighted by atomic mass is 16.5. The summed E-state index contributed by atoms with van der Waals surface area (Å²) in [6, 6.07) is 5.26. The summed E-state index contributed by atoms with van der Waals surface area (Å²) >= 11 is 0. The highest BCUT2D eigenvalue weighted by Crippen LogP contribution is 2.36. The first-order valence-corrected chi connectivity index (χ1v) is 6.08. The molecule has 0 aliphatic heterocycles. The van der Waals surface area contributed by atoms with Gasteiger partial charge in [-0.25, -0.2) is 0 Å². The van der Waals surface area contributed by atoms with Crippen molar-refractivity contribution in [1.29, 1.82) is 0 Å². The molecule has 106 valence electrons. The summed E-state index contributed by atoms with van der Waals surface area (Å²) < 4.78 is 10.4. The van der Waals surface area contributed by atoms with E-state index < -0.39 is 11.5 Å². The summed E-state index contributed by atoms with van der Waals surface area (Å²) in [4.78, 5) is 11.0. The Bertz CT molecular complexity index is 459. The van der Waals surface area contributed by atoms with E-state index in [1.807, 2.05) is 13.8 Å². The summed E-state index contributed by atoms with van der Waals surface area (Å²) in [5.74, 6) is 0.182. The summed E-state index contributed by atoms with van der Waals surface area (Å²) in [7, 11) is 3.08. The third-order valence-corrected chi connectivity index (χ3v) is 3.39. The summed E-state index contributed by atoms with van der Waals surface area (Å²) in [6.07, 6.45) is -0.139. The van der Waals surface area contributed by atoms with Crippen LogP contribution in [-0.2, 0) is 10.3 Å². The van der Waals surface area contributed by atoms with Crippen molar-refractivity contribution in [2.45, 2.75) is 25.8 Å². The summed E-state index contributed by atoms with van der Waals surface area (Å²) in [5.41, 5.74) is 6.09. The first kappa shape index (κ1) is 15.3. The molecule has 0 saturated carbocycles. The van der Waals surface area contributed by atoms with Crippen molar-refractivity contribution in [1.82, 2.24) is 0 Å². The van der Waals surface area contributed by atoms with Gasteiger partial charge in [0.15, 0.2) is 11.5 Å². The van der Waals surface area contributed by atoms with Crippen LogP contribution in [0.15, 0.2) is 18.2 Å². The van der Waals surface area contributed by atoms with Crippen LogP contribution in [0.5, 0.6) is 11.5 Å². The lowest BCUT2D eigenvalue weighted by molar-refractivity contribution is -0.139. The molecule has 0 saturated heterocycles. The number of carbonyl (C=O) groups is 1. The van der Waals surface area contributed by atoms with Crippen LogP contribution >= 0.6 is 0 Å². The Labute approximate surface area is 113 Å². The van der Waals surface area contributed by atoms with Crippen molar-refractivity contribution in [3.05, 3.63) is 23.8 Å². The second-order valence-electron chi connectivity index (χ2n) is 4.84. The maximum atomic E-state index is 11.0. The Hall–Kier alpha value is -1.75. The second kappa shape index (κ2) is 5.93. The smallest absolute Gasteiger partial charge is 0.305 e. The zero-order chi connectivity index (χ0) is 14.6. The van der Waals surface area contributed by atoms with Gasteiger partial charge in [0.25, 0.3) is 0 Å². The molecule has 0 amide bonds. The Morgan fingerprint density at radius 1 is 1.32 bits per heavy atom. The molecular weight excluding hydrogens is 246 g/mol. The van der Waals surface area contributed by atoms with Crippen LogP contribution in [0.2, 0.25) is 0 Å². The Kier molecular flexibility index (Phi) is 4.78. The van der Waals surface area contributed by atoms with Gasteiger partial charge < -0.3 is 20.3 Å². The topological polar surface area (TPSA) is 81.8 Å². The van der Waals surface area contributed by atoms with E-state index in [0.717, 1.165) is 5.56 Å². The maximum absolute atomic E-state index is 11.0. The highest BCUT2D eigenvalue weighted by molar-refractivity contribution is 5.69. The monoisotopic (exact) mass is 267 g/mol. The van der Waals surface area contributed by atoms with Crippen molar-refractivity contribution >= 4 is 5.97 Å². The molecule has 0 fully saturated rings. The highest BCUT2D eigenvalue weighted by Gasteiger charge is 2.34. The molecule has 5 heteroatoms. The van der Waals surface area contributed by atoms with E-state index in [4.69, 9.17) is 20.3 Å². The number of aliphatic carboxylic acids is 1. The van der Waals surface area contributed by atoms with Crippen molar-refractivity contribution in [2.24, 2.45) is 11.7 Å². The Balaban J connectivity index is 3.27. The molecule has 3 N–H and O–H groups in total. The van der Waals surface area contributed by atoms with E-state index >= 15 is 0 Å². The van der Waals surface area contributed by atoms with Crippen LogP contribution < -0.4 is 15.2 Å². The fraction of sp³-hybridized carbons (Fsp3) is 0.500. The SMILES string of the molecule is COc1ccc(C(N)(CC(=O)O)C(C)C)cc1OC. The first-order valence-electron chi connectivity index (χ1n) is 6.08. The van der Waals surface area contributed by atoms with Gasteiger partial charge >= 0.3 is 5.97 Å². The number of benzene rings is 1. The number of hydrogen-bond donors (Lipinski definition) is 2. The number of nitrogens with two attached hydrogens (primary N) is 1. The van der Waals surface area contributed by atoms with Crippen LogP contribution in [0.1, 0.15) is 25.8 Å². The van der Waals surface area contributed by atoms with Crippen LogP contribution in [0, 0.1) is 5.92 Å². The normalized spacial score (nSPS) is 14.0. The largest absolute Gasteiger partial charge is 0.493 e. The van der Waals surface area contributed by atoms with Crippen LogP contribution in [0.3, 0.4) is 0 Å². The van der Waals surface area contributed by atoms with E-state index in [1.54, 1.807) is 25.3 Å². The van der Waals surface area contributed by atoms with Gasteiger partial charge in [-0.2, -0.15) is 0 Å². The number of methoxy groups -OCH3 is 2. The van der Waals surface area contributed by atoms with Crippen molar-refractivity contribution in [2.75, 3.05) is 14.2 Å². The fourth-order valence-corrected chi connectivity index (χ4v) is 2.02. The Morgan fingerprint density at radius 3 is 2.32 bits per heavy atom. The second-order valence-corrected chi connectivity index (χ2v) is 4.84. The number of carboxylic acids is 1. The zero-order valence-electron chi connectivity index (χ0n) is 11.8. The Morgan fingerprint density at radius 2 is 1.89 bits per heavy atom. The quantitative estimate of drug-likeness (QED) is 0.823. The molecule has 5 nitrogen and oxygen atoms in total. The minimum absolute atomic E-state index is 0.0262. The third-order valence-electron chi connectivity index (χ3n) is 3.39. The van der Waals surface area contributed by atoms with E-state index in [-0.39, 0.29) is 12.3 Å². The predicted molar refractivity (Wildman–Crippen MR) is 72.5 cm³/mol. The molecule has 0 radical (unpaired) electrons. The van der Waals surface area contributed by atoms with Gasteiger partial charge in [-0.05, 0) is 23.6 Å². The van der Waals surface area contributed by atoms with Crippen molar-refractivity contribution in [3.63, 3.8) is 0 Å². The molecule has 0 aromatic heterocycles. The van der Waals surface area contributed by atoms with Gasteiger partial charge in [-0.3, -0.25) is 4.79 Å². The van der Waals surface area contributed by atoms with Crippen molar-refractivity contribution in [3.8, 4) is 11.5 Å². The molecule has 0 heterocycles. The molecule has 0 spiro atoms. The minimum atomic E-state index is -0.939. The van der Waals surface area contributed by atoms with E-state index in [9.17, 15) is 4.79 Å². The van der Waals surface area contributed by atoms with Gasteiger partial charge in [0, 0.05) is 0 Å². The lowest BCUT2D eigenvalue weighted by Crippen LogP contribution is -2.43. The molecule has 0 bridgehead atoms. The minimum Gasteiger partial charge on any atom is -0.493 e. The fourth-order valence-electron chi connectivity index (χ4n) is 2.02. The molecule has 1 rings (SSSR count). The predicted octanol–water partition coefficient (Wildman–Crippen LogP) is 1.99. The van der Waals surface area contributed by atoms with Crippen LogP contribution in [0.25, 0.3) is 0 Å². The molecule has 1 aromatic rings. The van der Waals surface area contributed by atoms with E-state index in [0.29, 0.717) is 11.5 Å². The number of hydrogen-bond acceptors (Lipinski definition) is 4. The summed E-state index contributed by atoms with van der Waals surface area (Å²) in [5, 5.41) is 9.05. The van der Waals surface area contributed by atoms with Crippen molar-refractivity contribution < 1.29 is 19.4 Å². The molecule has 1 unspecified atom stereocenters. The van der Waals surface area contributed by atoms with Crippen LogP contribution in [-0.4, -0.2) is 25.3 Å². The van der Waals surface area contributed by atoms with Gasteiger partial charge in [0.05, 0.1) is 26.2 Å². The van der Waals surface area contributed by atoms with E-state index in [2.05, 4.69) is 0 Å². The number of carboxylic acid groups (broad SMARTS) is 1. The molecule has 1 aromatic carbocycles. The van der Waals surface area contributed by atoms with Gasteiger partial charge in [-0.15, -0.1) is 0 Å². The molecule has 19 heavy (non-hydrogen) atoms. The standard InChI is InChI=1S/C14H21NO4/c1-9(2)14(15,8-13(16)17)10-5-6-11(18-3)12(7-10)19-4/h5-7,9H,8,15H2,1-4H3,(H,16,17). The van der Waals surface area contributed by atoms with Gasteiger partial charge in [-0.1, -0.05) is 19.9 Å². The molecule has 0 aliphatic rings. The lowest BCUT2D eigenvalue weighted by Gasteiger charge is -2.33. The first-order chi connectivity index (χ1) is 8.85. The zero-order valence-corrected chi connectivity index (χ0v) is 11.8. The third kappa shape index (κ3) is 3.17. The van der Waals surface area contributed by atoms with E-state index in [1.165, 1.54) is 7.11 Å². The average molecular weight is 267 g/mol. The molecule has 0 aliphatic carbocycles. The van der Waals surface area contributed by atoms with Gasteiger partial charge in [0.2, 0.25) is 0 Å².